The number of ether oxygens (including phenoxy) is 1. The van der Waals surface area contributed by atoms with Crippen LogP contribution in [0.3, 0.4) is 0 Å². The van der Waals surface area contributed by atoms with E-state index in [1.807, 2.05) is 18.3 Å². The highest BCUT2D eigenvalue weighted by molar-refractivity contribution is 5.22. The van der Waals surface area contributed by atoms with E-state index < -0.39 is 0 Å². The van der Waals surface area contributed by atoms with Gasteiger partial charge in [-0.25, -0.2) is 0 Å². The molecule has 1 aromatic heterocycles. The molecule has 2 bridgehead atoms. The molecule has 0 spiro atoms. The average molecular weight is 294 g/mol. The molecule has 2 heterocycles. The van der Waals surface area contributed by atoms with Crippen molar-refractivity contribution in [2.24, 2.45) is 5.92 Å². The number of nitrogens with zero attached hydrogens (tertiary/aromatic N) is 2. The van der Waals surface area contributed by atoms with E-state index in [0.717, 1.165) is 18.8 Å². The Morgan fingerprint density at radius 1 is 1.18 bits per heavy atom. The molecule has 3 unspecified atom stereocenters. The van der Waals surface area contributed by atoms with Crippen molar-refractivity contribution in [3.8, 4) is 5.75 Å². The predicted octanol–water partition coefficient (Wildman–Crippen LogP) is 3.43. The van der Waals surface area contributed by atoms with Crippen molar-refractivity contribution < 1.29 is 4.74 Å². The summed E-state index contributed by atoms with van der Waals surface area (Å²) in [4.78, 5) is 6.75. The Morgan fingerprint density at radius 2 is 2.05 bits per heavy atom. The van der Waals surface area contributed by atoms with Gasteiger partial charge in [0.15, 0.2) is 0 Å². The monoisotopic (exact) mass is 294 g/mol. The molecular formula is C19H22N2O. The van der Waals surface area contributed by atoms with E-state index in [2.05, 4.69) is 41.1 Å². The first kappa shape index (κ1) is 13.8. The molecular weight excluding hydrogens is 272 g/mol. The van der Waals surface area contributed by atoms with Gasteiger partial charge in [0.25, 0.3) is 0 Å². The molecule has 114 valence electrons. The van der Waals surface area contributed by atoms with E-state index in [-0.39, 0.29) is 0 Å². The zero-order valence-electron chi connectivity index (χ0n) is 13.0. The Balaban J connectivity index is 1.45. The second-order valence-corrected chi connectivity index (χ2v) is 6.59. The number of aryl methyl sites for hydroxylation is 1. The van der Waals surface area contributed by atoms with Crippen LogP contribution in [0.2, 0.25) is 0 Å². The lowest BCUT2D eigenvalue weighted by Gasteiger charge is -2.27. The number of aromatic nitrogens is 1. The second-order valence-electron chi connectivity index (χ2n) is 6.59. The van der Waals surface area contributed by atoms with Gasteiger partial charge in [0.2, 0.25) is 0 Å². The Hall–Kier alpha value is -1.87. The fourth-order valence-electron chi connectivity index (χ4n) is 3.91. The maximum Gasteiger partial charge on any atom is 0.138 e. The van der Waals surface area contributed by atoms with E-state index in [1.165, 1.54) is 24.0 Å². The number of benzene rings is 1. The predicted molar refractivity (Wildman–Crippen MR) is 86.8 cm³/mol. The smallest absolute Gasteiger partial charge is 0.138 e. The SMILES string of the molecule is Cc1ccc(CN2CC3CCC2C3Oc2cccnc2)cc1. The fourth-order valence-corrected chi connectivity index (χ4v) is 3.91. The highest BCUT2D eigenvalue weighted by Gasteiger charge is 2.48. The number of likely N-dealkylation sites (tertiary alicyclic amines) is 1. The molecule has 0 radical (unpaired) electrons. The van der Waals surface area contributed by atoms with E-state index in [4.69, 9.17) is 4.74 Å². The van der Waals surface area contributed by atoms with E-state index in [0.29, 0.717) is 18.1 Å². The van der Waals surface area contributed by atoms with Gasteiger partial charge in [-0.2, -0.15) is 0 Å². The van der Waals surface area contributed by atoms with Gasteiger partial charge >= 0.3 is 0 Å². The standard InChI is InChI=1S/C19H22N2O/c1-14-4-6-15(7-5-14)12-21-13-16-8-9-18(21)19(16)22-17-3-2-10-20-11-17/h2-7,10-11,16,18-19H,8-9,12-13H2,1H3. The van der Waals surface area contributed by atoms with Gasteiger partial charge in [-0.3, -0.25) is 9.88 Å². The van der Waals surface area contributed by atoms with Gasteiger partial charge in [0.05, 0.1) is 6.20 Å². The van der Waals surface area contributed by atoms with Gasteiger partial charge in [0.1, 0.15) is 11.9 Å². The molecule has 1 aromatic carbocycles. The van der Waals surface area contributed by atoms with Gasteiger partial charge in [-0.1, -0.05) is 29.8 Å². The van der Waals surface area contributed by atoms with Gasteiger partial charge in [-0.05, 0) is 37.5 Å². The lowest BCUT2D eigenvalue weighted by atomic mass is 10.1. The van der Waals surface area contributed by atoms with Crippen LogP contribution in [-0.4, -0.2) is 28.6 Å². The van der Waals surface area contributed by atoms with Crippen LogP contribution in [0.5, 0.6) is 5.75 Å². The normalized spacial score (nSPS) is 27.2. The van der Waals surface area contributed by atoms with E-state index in [1.54, 1.807) is 6.20 Å². The van der Waals surface area contributed by atoms with Gasteiger partial charge < -0.3 is 4.74 Å². The zero-order valence-corrected chi connectivity index (χ0v) is 13.0. The summed E-state index contributed by atoms with van der Waals surface area (Å²) in [6, 6.07) is 13.4. The minimum absolute atomic E-state index is 0.328. The molecule has 2 fully saturated rings. The summed E-state index contributed by atoms with van der Waals surface area (Å²) in [5.74, 6) is 1.57. The molecule has 1 saturated heterocycles. The Morgan fingerprint density at radius 3 is 2.82 bits per heavy atom. The molecule has 1 aliphatic heterocycles. The maximum atomic E-state index is 6.25. The summed E-state index contributed by atoms with van der Waals surface area (Å²) in [6.45, 7) is 4.33. The van der Waals surface area contributed by atoms with E-state index >= 15 is 0 Å². The number of fused-ring (bicyclic) bond motifs is 2. The Labute approximate surface area is 131 Å². The largest absolute Gasteiger partial charge is 0.487 e. The van der Waals surface area contributed by atoms with E-state index in [9.17, 15) is 0 Å². The molecule has 0 amide bonds. The maximum absolute atomic E-state index is 6.25. The minimum Gasteiger partial charge on any atom is -0.487 e. The number of hydrogen-bond acceptors (Lipinski definition) is 3. The zero-order chi connectivity index (χ0) is 14.9. The van der Waals surface area contributed by atoms with Crippen molar-refractivity contribution in [1.82, 2.24) is 9.88 Å². The second kappa shape index (κ2) is 5.73. The molecule has 2 aromatic rings. The molecule has 4 rings (SSSR count). The molecule has 0 N–H and O–H groups in total. The summed E-state index contributed by atoms with van der Waals surface area (Å²) < 4.78 is 6.25. The highest BCUT2D eigenvalue weighted by atomic mass is 16.5. The number of hydrogen-bond donors (Lipinski definition) is 0. The number of rotatable bonds is 4. The van der Waals surface area contributed by atoms with Crippen LogP contribution in [0.4, 0.5) is 0 Å². The first-order chi connectivity index (χ1) is 10.8. The van der Waals surface area contributed by atoms with Crippen LogP contribution in [0.25, 0.3) is 0 Å². The average Bonchev–Trinajstić information content (AvgIpc) is 3.07. The van der Waals surface area contributed by atoms with Crippen molar-refractivity contribution in [2.75, 3.05) is 6.54 Å². The molecule has 2 aliphatic rings. The third-order valence-electron chi connectivity index (χ3n) is 5.03. The summed E-state index contributed by atoms with van der Waals surface area (Å²) in [7, 11) is 0. The van der Waals surface area contributed by atoms with Gasteiger partial charge in [0, 0.05) is 31.2 Å². The third-order valence-corrected chi connectivity index (χ3v) is 5.03. The summed E-state index contributed by atoms with van der Waals surface area (Å²) in [6.07, 6.45) is 6.48. The molecule has 22 heavy (non-hydrogen) atoms. The topological polar surface area (TPSA) is 25.4 Å². The minimum atomic E-state index is 0.328. The third kappa shape index (κ3) is 2.61. The van der Waals surface area contributed by atoms with Crippen molar-refractivity contribution in [1.29, 1.82) is 0 Å². The fraction of sp³-hybridized carbons (Fsp3) is 0.421. The Kier molecular flexibility index (Phi) is 3.59. The van der Waals surface area contributed by atoms with Crippen LogP contribution in [0.15, 0.2) is 48.8 Å². The van der Waals surface area contributed by atoms with Crippen molar-refractivity contribution in [3.63, 3.8) is 0 Å². The van der Waals surface area contributed by atoms with Crippen LogP contribution in [0.1, 0.15) is 24.0 Å². The van der Waals surface area contributed by atoms with Gasteiger partial charge in [-0.15, -0.1) is 0 Å². The number of piperidine rings is 1. The summed E-state index contributed by atoms with van der Waals surface area (Å²) in [5.41, 5.74) is 2.72. The molecule has 1 saturated carbocycles. The van der Waals surface area contributed by atoms with Crippen LogP contribution in [-0.2, 0) is 6.54 Å². The lowest BCUT2D eigenvalue weighted by molar-refractivity contribution is 0.141. The first-order valence-electron chi connectivity index (χ1n) is 8.16. The van der Waals surface area contributed by atoms with Crippen LogP contribution >= 0.6 is 0 Å². The van der Waals surface area contributed by atoms with Crippen molar-refractivity contribution in [3.05, 3.63) is 59.9 Å². The van der Waals surface area contributed by atoms with Crippen molar-refractivity contribution >= 4 is 0 Å². The summed E-state index contributed by atoms with van der Waals surface area (Å²) >= 11 is 0. The highest BCUT2D eigenvalue weighted by Crippen LogP contribution is 2.40. The number of pyridine rings is 1. The van der Waals surface area contributed by atoms with Crippen LogP contribution < -0.4 is 4.74 Å². The van der Waals surface area contributed by atoms with Crippen LogP contribution in [0, 0.1) is 12.8 Å². The molecule has 3 heteroatoms. The lowest BCUT2D eigenvalue weighted by Crippen LogP contribution is -2.35. The quantitative estimate of drug-likeness (QED) is 0.864. The molecule has 1 aliphatic carbocycles. The first-order valence-corrected chi connectivity index (χ1v) is 8.16. The Bertz CT molecular complexity index is 626. The molecule has 3 nitrogen and oxygen atoms in total. The van der Waals surface area contributed by atoms with Crippen molar-refractivity contribution in [2.45, 2.75) is 38.5 Å². The molecule has 3 atom stereocenters. The summed E-state index contributed by atoms with van der Waals surface area (Å²) in [5, 5.41) is 0.